The van der Waals surface area contributed by atoms with E-state index in [0.29, 0.717) is 11.1 Å². The van der Waals surface area contributed by atoms with E-state index in [0.717, 1.165) is 24.3 Å². The Bertz CT molecular complexity index is 2010. The Morgan fingerprint density at radius 2 is 0.786 bits per heavy atom. The minimum Gasteiger partial charge on any atom is -0.205 e. The van der Waals surface area contributed by atoms with E-state index >= 15 is 0 Å². The number of fused-ring (bicyclic) bond motifs is 3. The van der Waals surface area contributed by atoms with Crippen molar-refractivity contribution in [1.29, 1.82) is 31.6 Å². The average Bonchev–Trinajstić information content (AvgIpc) is 3.28. The lowest BCUT2D eigenvalue weighted by atomic mass is 9.91. The fraction of sp³-hybridized carbons (Fsp3) is 0. The minimum atomic E-state index is -1.16. The van der Waals surface area contributed by atoms with Gasteiger partial charge in [-0.2, -0.15) is 31.6 Å². The molecule has 0 unspecified atom stereocenters. The standard InChI is InChI=1S/C32H8F4N6/c33-28-3-15(4-29(34)26(28)13-41)20-7-24-22(1-17(20)9-37)23-2-18(10-38)21(8-25(23)32(24)19(11-39)12-40)16-5-30(35)27(14-42)31(36)6-16/h1-8H. The van der Waals surface area contributed by atoms with Gasteiger partial charge in [-0.15, -0.1) is 0 Å². The Balaban J connectivity index is 1.85. The Morgan fingerprint density at radius 3 is 1.07 bits per heavy atom. The largest absolute Gasteiger partial charge is 0.205 e. The molecular weight excluding hydrogens is 544 g/mol. The van der Waals surface area contributed by atoms with Crippen molar-refractivity contribution >= 4 is 5.57 Å². The molecule has 0 N–H and O–H groups in total. The van der Waals surface area contributed by atoms with Crippen molar-refractivity contribution in [2.45, 2.75) is 0 Å². The third kappa shape index (κ3) is 3.99. The van der Waals surface area contributed by atoms with Crippen LogP contribution >= 0.6 is 0 Å². The van der Waals surface area contributed by atoms with E-state index in [2.05, 4.69) is 0 Å². The summed E-state index contributed by atoms with van der Waals surface area (Å²) in [5, 5.41) is 57.4. The zero-order valence-electron chi connectivity index (χ0n) is 20.8. The molecule has 0 atom stereocenters. The molecule has 1 aliphatic rings. The average molecular weight is 552 g/mol. The van der Waals surface area contributed by atoms with Crippen LogP contribution in [0.25, 0.3) is 39.0 Å². The van der Waals surface area contributed by atoms with E-state index in [1.54, 1.807) is 12.1 Å². The van der Waals surface area contributed by atoms with Gasteiger partial charge in [-0.1, -0.05) is 0 Å². The van der Waals surface area contributed by atoms with Crippen molar-refractivity contribution in [3.05, 3.63) is 111 Å². The monoisotopic (exact) mass is 552 g/mol. The zero-order chi connectivity index (χ0) is 30.3. The molecule has 0 heterocycles. The summed E-state index contributed by atoms with van der Waals surface area (Å²) in [6.07, 6.45) is 0. The molecule has 0 fully saturated rings. The summed E-state index contributed by atoms with van der Waals surface area (Å²) in [6.45, 7) is 0. The van der Waals surface area contributed by atoms with Crippen LogP contribution in [0.5, 0.6) is 0 Å². The summed E-state index contributed by atoms with van der Waals surface area (Å²) < 4.78 is 57.9. The van der Waals surface area contributed by atoms with Crippen LogP contribution < -0.4 is 0 Å². The molecule has 0 aromatic heterocycles. The molecule has 1 aliphatic carbocycles. The lowest BCUT2D eigenvalue weighted by Gasteiger charge is -2.11. The highest BCUT2D eigenvalue weighted by molar-refractivity contribution is 6.07. The van der Waals surface area contributed by atoms with Crippen molar-refractivity contribution < 1.29 is 17.6 Å². The number of rotatable bonds is 2. The van der Waals surface area contributed by atoms with Crippen molar-refractivity contribution in [3.63, 3.8) is 0 Å². The number of hydrogen-bond donors (Lipinski definition) is 0. The second kappa shape index (κ2) is 10.1. The van der Waals surface area contributed by atoms with Crippen LogP contribution in [-0.4, -0.2) is 0 Å². The minimum absolute atomic E-state index is 0.0380. The first kappa shape index (κ1) is 26.9. The SMILES string of the molecule is N#CC(C#N)=C1c2cc(-c3cc(F)c(C#N)c(F)c3)c(C#N)cc2-c2cc(C#N)c(-c3cc(F)c(C#N)c(F)c3)cc21. The van der Waals surface area contributed by atoms with Crippen LogP contribution in [0.3, 0.4) is 0 Å². The molecule has 0 radical (unpaired) electrons. The predicted octanol–water partition coefficient (Wildman–Crippen LogP) is 6.89. The van der Waals surface area contributed by atoms with E-state index in [-0.39, 0.29) is 55.7 Å². The highest BCUT2D eigenvalue weighted by atomic mass is 19.1. The molecule has 5 rings (SSSR count). The third-order valence-electron chi connectivity index (χ3n) is 6.79. The van der Waals surface area contributed by atoms with Gasteiger partial charge in [-0.3, -0.25) is 0 Å². The van der Waals surface area contributed by atoms with Crippen molar-refractivity contribution in [2.24, 2.45) is 0 Å². The summed E-state index contributed by atoms with van der Waals surface area (Å²) in [5.74, 6) is -4.63. The van der Waals surface area contributed by atoms with Gasteiger partial charge in [-0.25, -0.2) is 17.6 Å². The van der Waals surface area contributed by atoms with Gasteiger partial charge < -0.3 is 0 Å². The Labute approximate surface area is 235 Å². The number of allylic oxidation sites excluding steroid dienone is 1. The van der Waals surface area contributed by atoms with Crippen LogP contribution in [0, 0.1) is 91.3 Å². The van der Waals surface area contributed by atoms with Crippen molar-refractivity contribution in [1.82, 2.24) is 0 Å². The van der Waals surface area contributed by atoms with E-state index in [1.807, 2.05) is 12.1 Å². The van der Waals surface area contributed by atoms with Gasteiger partial charge in [0, 0.05) is 16.7 Å². The van der Waals surface area contributed by atoms with Crippen LogP contribution in [-0.2, 0) is 0 Å². The predicted molar refractivity (Wildman–Crippen MR) is 139 cm³/mol. The Morgan fingerprint density at radius 1 is 0.429 bits per heavy atom. The Hall–Kier alpha value is -6.72. The molecule has 4 aromatic carbocycles. The second-order valence-electron chi connectivity index (χ2n) is 8.94. The van der Waals surface area contributed by atoms with Gasteiger partial charge in [0.2, 0.25) is 0 Å². The summed E-state index contributed by atoms with van der Waals surface area (Å²) >= 11 is 0. The van der Waals surface area contributed by atoms with Gasteiger partial charge >= 0.3 is 0 Å². The van der Waals surface area contributed by atoms with Gasteiger partial charge in [0.1, 0.15) is 64.2 Å². The maximum atomic E-state index is 14.5. The van der Waals surface area contributed by atoms with Crippen LogP contribution in [0.4, 0.5) is 17.6 Å². The molecule has 0 spiro atoms. The maximum absolute atomic E-state index is 14.5. The van der Waals surface area contributed by atoms with Crippen LogP contribution in [0.2, 0.25) is 0 Å². The smallest absolute Gasteiger partial charge is 0.144 e. The zero-order valence-corrected chi connectivity index (χ0v) is 20.8. The van der Waals surface area contributed by atoms with Crippen LogP contribution in [0.1, 0.15) is 33.4 Å². The maximum Gasteiger partial charge on any atom is 0.144 e. The molecule has 4 aromatic rings. The Kier molecular flexibility index (Phi) is 6.47. The molecule has 0 bridgehead atoms. The summed E-state index contributed by atoms with van der Waals surface area (Å²) in [4.78, 5) is 0. The molecule has 194 valence electrons. The van der Waals surface area contributed by atoms with E-state index < -0.39 is 34.4 Å². The molecule has 10 heteroatoms. The number of nitrogens with zero attached hydrogens (tertiary/aromatic N) is 6. The highest BCUT2D eigenvalue weighted by Crippen LogP contribution is 2.50. The fourth-order valence-electron chi connectivity index (χ4n) is 4.94. The topological polar surface area (TPSA) is 143 Å². The van der Waals surface area contributed by atoms with Gasteiger partial charge in [-0.05, 0) is 81.9 Å². The molecule has 0 saturated heterocycles. The van der Waals surface area contributed by atoms with Crippen LogP contribution in [0.15, 0.2) is 54.1 Å². The van der Waals surface area contributed by atoms with E-state index in [9.17, 15) is 38.6 Å². The number of nitriles is 6. The first-order valence-corrected chi connectivity index (χ1v) is 11.7. The second-order valence-corrected chi connectivity index (χ2v) is 8.94. The molecule has 42 heavy (non-hydrogen) atoms. The summed E-state index contributed by atoms with van der Waals surface area (Å²) in [6, 6.07) is 19.3. The third-order valence-corrected chi connectivity index (χ3v) is 6.79. The number of hydrogen-bond acceptors (Lipinski definition) is 6. The van der Waals surface area contributed by atoms with Gasteiger partial charge in [0.15, 0.2) is 0 Å². The highest BCUT2D eigenvalue weighted by Gasteiger charge is 2.31. The molecule has 0 amide bonds. The first-order valence-electron chi connectivity index (χ1n) is 11.7. The lowest BCUT2D eigenvalue weighted by Crippen LogP contribution is -1.95. The lowest BCUT2D eigenvalue weighted by molar-refractivity contribution is 0.577. The van der Waals surface area contributed by atoms with Gasteiger partial charge in [0.05, 0.1) is 23.3 Å². The number of benzene rings is 4. The van der Waals surface area contributed by atoms with Gasteiger partial charge in [0.25, 0.3) is 0 Å². The summed E-state index contributed by atoms with van der Waals surface area (Å²) in [7, 11) is 0. The summed E-state index contributed by atoms with van der Waals surface area (Å²) in [5.41, 5.74) is -1.04. The molecular formula is C32H8F4N6. The first-order chi connectivity index (χ1) is 20.2. The van der Waals surface area contributed by atoms with Crippen molar-refractivity contribution in [3.8, 4) is 69.8 Å². The van der Waals surface area contributed by atoms with Crippen molar-refractivity contribution in [2.75, 3.05) is 0 Å². The van der Waals surface area contributed by atoms with E-state index in [4.69, 9.17) is 10.5 Å². The number of halogens is 4. The van der Waals surface area contributed by atoms with E-state index in [1.165, 1.54) is 36.4 Å². The quantitative estimate of drug-likeness (QED) is 0.172. The fourth-order valence-corrected chi connectivity index (χ4v) is 4.94. The molecule has 0 saturated carbocycles. The molecule has 6 nitrogen and oxygen atoms in total. The normalized spacial score (nSPS) is 10.7. The molecule has 0 aliphatic heterocycles.